The van der Waals surface area contributed by atoms with E-state index in [0.29, 0.717) is 0 Å². The highest BCUT2D eigenvalue weighted by Gasteiger charge is 2.21. The summed E-state index contributed by atoms with van der Waals surface area (Å²) in [5, 5.41) is 16.4. The van der Waals surface area contributed by atoms with Crippen LogP contribution < -0.4 is 0 Å². The zero-order valence-corrected chi connectivity index (χ0v) is 20.2. The first-order valence-electron chi connectivity index (χ1n) is 11.7. The zero-order valence-electron chi connectivity index (χ0n) is 20.2. The van der Waals surface area contributed by atoms with Crippen molar-refractivity contribution in [2.24, 2.45) is 7.05 Å². The molecule has 4 aromatic heterocycles. The summed E-state index contributed by atoms with van der Waals surface area (Å²) >= 11 is 0. The van der Waals surface area contributed by atoms with Crippen molar-refractivity contribution in [3.05, 3.63) is 91.4 Å². The molecule has 0 aliphatic rings. The number of rotatable bonds is 4. The highest BCUT2D eigenvalue weighted by molar-refractivity contribution is 6.12. The first-order chi connectivity index (χ1) is 17.4. The van der Waals surface area contributed by atoms with E-state index >= 15 is 0 Å². The van der Waals surface area contributed by atoms with Crippen molar-refractivity contribution < 1.29 is 0 Å². The first-order valence-corrected chi connectivity index (χ1v) is 11.7. The van der Waals surface area contributed by atoms with Crippen LogP contribution in [0.4, 0.5) is 0 Å². The van der Waals surface area contributed by atoms with Crippen molar-refractivity contribution in [3.8, 4) is 34.1 Å². The third-order valence-electron chi connectivity index (χ3n) is 6.70. The molecule has 0 saturated heterocycles. The standard InChI is InChI=1S/C29H23N7/c1-29(2,17-30)22-7-4-19(5-8-22)28-27-24-13-20(6-9-25(24)33-16-26(27)35(3)34-28)21-12-23(15-32-14-21)36-11-10-31-18-36/h4-16,18H,1-3H3. The molecule has 7 nitrogen and oxygen atoms in total. The second kappa shape index (κ2) is 8.14. The smallest absolute Gasteiger partial charge is 0.101 e. The highest BCUT2D eigenvalue weighted by Crippen LogP contribution is 2.36. The maximum absolute atomic E-state index is 9.51. The summed E-state index contributed by atoms with van der Waals surface area (Å²) in [6.45, 7) is 3.85. The minimum atomic E-state index is -0.546. The molecular weight excluding hydrogens is 446 g/mol. The number of benzene rings is 2. The van der Waals surface area contributed by atoms with E-state index in [-0.39, 0.29) is 0 Å². The fourth-order valence-electron chi connectivity index (χ4n) is 4.56. The second-order valence-corrected chi connectivity index (χ2v) is 9.44. The predicted octanol–water partition coefficient (Wildman–Crippen LogP) is 5.84. The molecule has 0 N–H and O–H groups in total. The molecule has 0 atom stereocenters. The van der Waals surface area contributed by atoms with Crippen LogP contribution in [0.15, 0.2) is 85.8 Å². The molecule has 4 heterocycles. The Morgan fingerprint density at radius 2 is 1.69 bits per heavy atom. The average Bonchev–Trinajstić information content (AvgIpc) is 3.57. The Morgan fingerprint density at radius 3 is 2.44 bits per heavy atom. The van der Waals surface area contributed by atoms with Gasteiger partial charge < -0.3 is 4.57 Å². The van der Waals surface area contributed by atoms with E-state index in [0.717, 1.165) is 55.4 Å². The lowest BCUT2D eigenvalue weighted by Crippen LogP contribution is -2.13. The van der Waals surface area contributed by atoms with E-state index < -0.39 is 5.41 Å². The van der Waals surface area contributed by atoms with Gasteiger partial charge in [0.1, 0.15) is 5.69 Å². The van der Waals surface area contributed by atoms with Crippen molar-refractivity contribution in [1.29, 1.82) is 5.26 Å². The summed E-state index contributed by atoms with van der Waals surface area (Å²) in [4.78, 5) is 13.3. The monoisotopic (exact) mass is 469 g/mol. The predicted molar refractivity (Wildman–Crippen MR) is 140 cm³/mol. The van der Waals surface area contributed by atoms with E-state index in [9.17, 15) is 5.26 Å². The molecule has 0 radical (unpaired) electrons. The van der Waals surface area contributed by atoms with Gasteiger partial charge in [-0.05, 0) is 43.2 Å². The summed E-state index contributed by atoms with van der Waals surface area (Å²) in [6, 6.07) is 18.9. The Hall–Kier alpha value is -4.83. The van der Waals surface area contributed by atoms with Gasteiger partial charge in [0.15, 0.2) is 0 Å². The molecule has 0 fully saturated rings. The number of aryl methyl sites for hydroxylation is 1. The molecule has 0 bridgehead atoms. The molecule has 36 heavy (non-hydrogen) atoms. The van der Waals surface area contributed by atoms with Crippen molar-refractivity contribution in [3.63, 3.8) is 0 Å². The van der Waals surface area contributed by atoms with Gasteiger partial charge in [0, 0.05) is 47.5 Å². The van der Waals surface area contributed by atoms with Crippen LogP contribution in [0.1, 0.15) is 19.4 Å². The van der Waals surface area contributed by atoms with Crippen LogP contribution in [0.2, 0.25) is 0 Å². The summed E-state index contributed by atoms with van der Waals surface area (Å²) in [5.74, 6) is 0. The maximum Gasteiger partial charge on any atom is 0.101 e. The van der Waals surface area contributed by atoms with Gasteiger partial charge in [0.25, 0.3) is 0 Å². The lowest BCUT2D eigenvalue weighted by molar-refractivity contribution is 0.687. The summed E-state index contributed by atoms with van der Waals surface area (Å²) in [7, 11) is 1.94. The topological polar surface area (TPSA) is 85.2 Å². The van der Waals surface area contributed by atoms with Crippen LogP contribution in [0.5, 0.6) is 0 Å². The van der Waals surface area contributed by atoms with Gasteiger partial charge in [0.05, 0.1) is 46.9 Å². The largest absolute Gasteiger partial charge is 0.305 e. The van der Waals surface area contributed by atoms with Gasteiger partial charge >= 0.3 is 0 Å². The first kappa shape index (κ1) is 21.7. The SMILES string of the molecule is Cn1nc(-c2ccc(C(C)(C)C#N)cc2)c2c3cc(-c4cncc(-n5ccnc5)c4)ccc3ncc21. The zero-order chi connectivity index (χ0) is 24.9. The maximum atomic E-state index is 9.51. The number of pyridine rings is 2. The molecule has 174 valence electrons. The number of imidazole rings is 1. The Bertz CT molecular complexity index is 1770. The summed E-state index contributed by atoms with van der Waals surface area (Å²) < 4.78 is 3.81. The van der Waals surface area contributed by atoms with Gasteiger partial charge in [-0.15, -0.1) is 0 Å². The third kappa shape index (κ3) is 3.51. The van der Waals surface area contributed by atoms with E-state index in [2.05, 4.69) is 34.2 Å². The molecule has 0 saturated carbocycles. The Balaban J connectivity index is 1.52. The average molecular weight is 470 g/mol. The normalized spacial score (nSPS) is 11.7. The molecule has 7 heteroatoms. The van der Waals surface area contributed by atoms with Crippen LogP contribution in [0, 0.1) is 11.3 Å². The molecule has 0 spiro atoms. The molecule has 0 aliphatic carbocycles. The number of hydrogen-bond acceptors (Lipinski definition) is 5. The third-order valence-corrected chi connectivity index (χ3v) is 6.70. The molecule has 2 aromatic carbocycles. The Kier molecular flexibility index (Phi) is 4.90. The van der Waals surface area contributed by atoms with E-state index in [1.54, 1.807) is 12.5 Å². The van der Waals surface area contributed by atoms with Crippen LogP contribution >= 0.6 is 0 Å². The summed E-state index contributed by atoms with van der Waals surface area (Å²) in [5.41, 5.74) is 7.19. The van der Waals surface area contributed by atoms with Crippen molar-refractivity contribution >= 4 is 21.8 Å². The van der Waals surface area contributed by atoms with Gasteiger partial charge in [-0.1, -0.05) is 30.3 Å². The van der Waals surface area contributed by atoms with Gasteiger partial charge in [-0.25, -0.2) is 4.98 Å². The van der Waals surface area contributed by atoms with Crippen LogP contribution in [-0.4, -0.2) is 29.3 Å². The van der Waals surface area contributed by atoms with Crippen LogP contribution in [0.3, 0.4) is 0 Å². The minimum absolute atomic E-state index is 0.546. The molecule has 0 unspecified atom stereocenters. The molecule has 0 aliphatic heterocycles. The van der Waals surface area contributed by atoms with Crippen molar-refractivity contribution in [1.82, 2.24) is 29.3 Å². The van der Waals surface area contributed by atoms with Gasteiger partial charge in [0.2, 0.25) is 0 Å². The number of nitriles is 1. The lowest BCUT2D eigenvalue weighted by atomic mass is 9.86. The molecule has 0 amide bonds. The summed E-state index contributed by atoms with van der Waals surface area (Å²) in [6.07, 6.45) is 11.0. The Morgan fingerprint density at radius 1 is 0.889 bits per heavy atom. The number of nitrogens with zero attached hydrogens (tertiary/aromatic N) is 7. The van der Waals surface area contributed by atoms with Gasteiger partial charge in [-0.2, -0.15) is 10.4 Å². The van der Waals surface area contributed by atoms with E-state index in [1.165, 1.54) is 0 Å². The fraction of sp³-hybridized carbons (Fsp3) is 0.138. The van der Waals surface area contributed by atoms with E-state index in [4.69, 9.17) is 10.1 Å². The van der Waals surface area contributed by atoms with Crippen molar-refractivity contribution in [2.75, 3.05) is 0 Å². The number of fused-ring (bicyclic) bond motifs is 3. The van der Waals surface area contributed by atoms with Crippen LogP contribution in [-0.2, 0) is 12.5 Å². The number of hydrogen-bond donors (Lipinski definition) is 0. The molecular formula is C29H23N7. The molecule has 6 aromatic rings. The second-order valence-electron chi connectivity index (χ2n) is 9.44. The minimum Gasteiger partial charge on any atom is -0.305 e. The van der Waals surface area contributed by atoms with Crippen molar-refractivity contribution in [2.45, 2.75) is 19.3 Å². The molecule has 6 rings (SSSR count). The quantitative estimate of drug-likeness (QED) is 0.324. The lowest BCUT2D eigenvalue weighted by Gasteiger charge is -2.15. The van der Waals surface area contributed by atoms with E-state index in [1.807, 2.05) is 85.3 Å². The van der Waals surface area contributed by atoms with Crippen LogP contribution in [0.25, 0.3) is 49.9 Å². The number of aromatic nitrogens is 6. The highest BCUT2D eigenvalue weighted by atomic mass is 15.3. The fourth-order valence-corrected chi connectivity index (χ4v) is 4.56. The Labute approximate surface area is 208 Å². The van der Waals surface area contributed by atoms with Gasteiger partial charge in [-0.3, -0.25) is 14.6 Å².